The Hall–Kier alpha value is -3.55. The molecule has 0 bridgehead atoms. The van der Waals surface area contributed by atoms with E-state index >= 15 is 8.78 Å². The second-order valence-electron chi connectivity index (χ2n) is 12.4. The first-order chi connectivity index (χ1) is 21.2. The van der Waals surface area contributed by atoms with Crippen LogP contribution in [0.3, 0.4) is 0 Å². The molecule has 0 spiro atoms. The molecular weight excluding hydrogens is 617 g/mol. The molecule has 14 heteroatoms. The molecule has 4 aromatic rings. The van der Waals surface area contributed by atoms with E-state index in [9.17, 15) is 13.2 Å². The summed E-state index contributed by atoms with van der Waals surface area (Å²) in [6.07, 6.45) is 0.439. The number of rotatable bonds is 8. The number of ether oxygens (including phenoxy) is 1. The average Bonchev–Trinajstić information content (AvgIpc) is 3.50. The molecule has 3 heterocycles. The molecule has 45 heavy (non-hydrogen) atoms. The van der Waals surface area contributed by atoms with Gasteiger partial charge >= 0.3 is 6.01 Å². The van der Waals surface area contributed by atoms with E-state index in [1.54, 1.807) is 19.0 Å². The summed E-state index contributed by atoms with van der Waals surface area (Å²) in [5, 5.41) is 3.45. The van der Waals surface area contributed by atoms with Crippen molar-refractivity contribution in [2.75, 3.05) is 51.0 Å². The molecule has 6 rings (SSSR count). The maximum atomic E-state index is 16.7. The number of alkyl halides is 2. The minimum atomic E-state index is -2.94. The molecule has 0 unspecified atom stereocenters. The molecule has 8 nitrogen and oxygen atoms in total. The first-order valence-electron chi connectivity index (χ1n) is 14.6. The fraction of sp³-hybridized carbons (Fsp3) is 0.452. The summed E-state index contributed by atoms with van der Waals surface area (Å²) in [4.78, 5) is 16.6. The second kappa shape index (κ2) is 11.4. The zero-order valence-corrected chi connectivity index (χ0v) is 26.0. The standard InChI is InChI=1S/C31H33ClF5N7O/c1-5-16-11-44(10-15(2)39-16)28-18-8-19(32)23(24-21(34)9-20(33)17-6-7-22(38)40-26(17)24)25(35)27(18)41-29(42-28)45-14-30(13-43(3)4)12-31(30,36)37/h6-9,15-16,39H,5,10-14H2,1-4H3,(H2,38,40)/t15-,16-,30-/m1/s1. The van der Waals surface area contributed by atoms with Gasteiger partial charge in [0.2, 0.25) is 0 Å². The third-order valence-corrected chi connectivity index (χ3v) is 8.85. The van der Waals surface area contributed by atoms with Gasteiger partial charge in [0.15, 0.2) is 5.82 Å². The number of nitrogens with two attached hydrogens (primary N) is 1. The van der Waals surface area contributed by atoms with Crippen molar-refractivity contribution in [1.29, 1.82) is 0 Å². The zero-order chi connectivity index (χ0) is 32.4. The molecule has 240 valence electrons. The number of anilines is 2. The van der Waals surface area contributed by atoms with Gasteiger partial charge in [-0.25, -0.2) is 26.9 Å². The van der Waals surface area contributed by atoms with E-state index in [1.165, 1.54) is 18.2 Å². The van der Waals surface area contributed by atoms with E-state index in [1.807, 2.05) is 18.7 Å². The number of aromatic nitrogens is 3. The number of pyridine rings is 1. The van der Waals surface area contributed by atoms with Crippen LogP contribution in [0.1, 0.15) is 26.7 Å². The largest absolute Gasteiger partial charge is 0.463 e. The fourth-order valence-electron chi connectivity index (χ4n) is 6.33. The van der Waals surface area contributed by atoms with Gasteiger partial charge in [0, 0.05) is 66.1 Å². The summed E-state index contributed by atoms with van der Waals surface area (Å²) in [7, 11) is 3.38. The minimum absolute atomic E-state index is 0.0341. The lowest BCUT2D eigenvalue weighted by atomic mass is 9.98. The molecule has 0 amide bonds. The van der Waals surface area contributed by atoms with Gasteiger partial charge in [0.1, 0.15) is 35.4 Å². The van der Waals surface area contributed by atoms with Gasteiger partial charge in [-0.2, -0.15) is 9.97 Å². The normalized spacial score (nSPS) is 22.9. The Morgan fingerprint density at radius 2 is 1.78 bits per heavy atom. The Morgan fingerprint density at radius 3 is 2.44 bits per heavy atom. The van der Waals surface area contributed by atoms with Crippen molar-refractivity contribution in [3.8, 4) is 17.1 Å². The van der Waals surface area contributed by atoms with Crippen molar-refractivity contribution in [2.24, 2.45) is 5.41 Å². The first kappa shape index (κ1) is 31.4. The summed E-state index contributed by atoms with van der Waals surface area (Å²) in [5.74, 6) is -5.72. The summed E-state index contributed by atoms with van der Waals surface area (Å²) < 4.78 is 81.8. The summed E-state index contributed by atoms with van der Waals surface area (Å²) >= 11 is 6.67. The maximum absolute atomic E-state index is 16.7. The smallest absolute Gasteiger partial charge is 0.319 e. The average molecular weight is 650 g/mol. The molecule has 1 saturated heterocycles. The van der Waals surface area contributed by atoms with E-state index < -0.39 is 46.5 Å². The third kappa shape index (κ3) is 5.59. The molecule has 2 fully saturated rings. The van der Waals surface area contributed by atoms with Crippen molar-refractivity contribution < 1.29 is 26.7 Å². The van der Waals surface area contributed by atoms with E-state index in [2.05, 4.69) is 20.3 Å². The summed E-state index contributed by atoms with van der Waals surface area (Å²) in [5.41, 5.74) is 3.10. The number of nitrogens with one attached hydrogen (secondary N) is 1. The highest BCUT2D eigenvalue weighted by molar-refractivity contribution is 6.35. The minimum Gasteiger partial charge on any atom is -0.463 e. The van der Waals surface area contributed by atoms with Crippen LogP contribution in [-0.2, 0) is 0 Å². The zero-order valence-electron chi connectivity index (χ0n) is 25.2. The van der Waals surface area contributed by atoms with E-state index in [0.29, 0.717) is 25.0 Å². The lowest BCUT2D eigenvalue weighted by Crippen LogP contribution is -2.55. The van der Waals surface area contributed by atoms with E-state index in [-0.39, 0.29) is 63.7 Å². The van der Waals surface area contributed by atoms with Crippen molar-refractivity contribution in [1.82, 2.24) is 25.2 Å². The molecule has 3 atom stereocenters. The van der Waals surface area contributed by atoms with Crippen molar-refractivity contribution >= 4 is 45.0 Å². The number of fused-ring (bicyclic) bond motifs is 2. The van der Waals surface area contributed by atoms with Crippen molar-refractivity contribution in [2.45, 2.75) is 44.7 Å². The van der Waals surface area contributed by atoms with E-state index in [0.717, 1.165) is 6.42 Å². The van der Waals surface area contributed by atoms with Crippen LogP contribution in [-0.4, -0.2) is 78.2 Å². The van der Waals surface area contributed by atoms with Gasteiger partial charge in [-0.05, 0) is 45.6 Å². The Labute approximate surface area is 261 Å². The second-order valence-corrected chi connectivity index (χ2v) is 12.8. The number of benzene rings is 2. The molecule has 1 aliphatic heterocycles. The highest BCUT2D eigenvalue weighted by Gasteiger charge is 2.71. The van der Waals surface area contributed by atoms with Crippen LogP contribution in [0.2, 0.25) is 5.02 Å². The van der Waals surface area contributed by atoms with E-state index in [4.69, 9.17) is 22.1 Å². The lowest BCUT2D eigenvalue weighted by Gasteiger charge is -2.38. The Balaban J connectivity index is 1.54. The predicted octanol–water partition coefficient (Wildman–Crippen LogP) is 6.04. The predicted molar refractivity (Wildman–Crippen MR) is 165 cm³/mol. The number of hydrogen-bond donors (Lipinski definition) is 2. The molecule has 0 radical (unpaired) electrons. The monoisotopic (exact) mass is 649 g/mol. The fourth-order valence-corrected chi connectivity index (χ4v) is 6.61. The molecular formula is C31H33ClF5N7O. The summed E-state index contributed by atoms with van der Waals surface area (Å²) in [6.45, 7) is 4.70. The molecule has 2 aromatic carbocycles. The van der Waals surface area contributed by atoms with Gasteiger partial charge in [-0.1, -0.05) is 18.5 Å². The Kier molecular flexibility index (Phi) is 7.93. The van der Waals surface area contributed by atoms with Crippen LogP contribution < -0.4 is 20.7 Å². The number of halogens is 6. The lowest BCUT2D eigenvalue weighted by molar-refractivity contribution is 0.0288. The molecule has 1 aliphatic carbocycles. The third-order valence-electron chi connectivity index (χ3n) is 8.55. The highest BCUT2D eigenvalue weighted by Crippen LogP contribution is 2.60. The molecule has 1 saturated carbocycles. The number of piperazine rings is 1. The van der Waals surface area contributed by atoms with Crippen LogP contribution in [0.4, 0.5) is 33.6 Å². The quantitative estimate of drug-likeness (QED) is 0.223. The maximum Gasteiger partial charge on any atom is 0.319 e. The molecule has 2 aromatic heterocycles. The molecule has 3 N–H and O–H groups in total. The highest BCUT2D eigenvalue weighted by atomic mass is 35.5. The first-order valence-corrected chi connectivity index (χ1v) is 15.0. The van der Waals surface area contributed by atoms with Crippen LogP contribution in [0.15, 0.2) is 24.3 Å². The van der Waals surface area contributed by atoms with Crippen LogP contribution in [0, 0.1) is 22.9 Å². The van der Waals surface area contributed by atoms with Crippen LogP contribution in [0.25, 0.3) is 32.9 Å². The van der Waals surface area contributed by atoms with Gasteiger partial charge in [0.25, 0.3) is 5.92 Å². The number of hydrogen-bond acceptors (Lipinski definition) is 8. The number of nitrogens with zero attached hydrogens (tertiary/aromatic N) is 5. The van der Waals surface area contributed by atoms with Gasteiger partial charge in [-0.3, -0.25) is 0 Å². The van der Waals surface area contributed by atoms with Gasteiger partial charge < -0.3 is 25.6 Å². The Bertz CT molecular complexity index is 1810. The van der Waals surface area contributed by atoms with Crippen molar-refractivity contribution in [3.05, 3.63) is 46.7 Å². The van der Waals surface area contributed by atoms with Gasteiger partial charge in [0.05, 0.1) is 16.0 Å². The SMILES string of the molecule is CC[C@@H]1CN(c2nc(OC[C@]3(CN(C)C)CC3(F)F)nc3c(F)c(-c4c(F)cc(F)c5ccc(N)nc45)c(Cl)cc23)C[C@@H](C)N1. The number of nitrogen functional groups attached to an aromatic ring is 1. The summed E-state index contributed by atoms with van der Waals surface area (Å²) in [6, 6.07) is 4.54. The van der Waals surface area contributed by atoms with Gasteiger partial charge in [-0.15, -0.1) is 0 Å². The van der Waals surface area contributed by atoms with Crippen LogP contribution >= 0.6 is 11.6 Å². The van der Waals surface area contributed by atoms with Crippen molar-refractivity contribution in [3.63, 3.8) is 0 Å². The molecule has 2 aliphatic rings. The Morgan fingerprint density at radius 1 is 1.04 bits per heavy atom. The van der Waals surface area contributed by atoms with Crippen LogP contribution in [0.5, 0.6) is 6.01 Å². The topological polar surface area (TPSA) is 92.4 Å².